The summed E-state index contributed by atoms with van der Waals surface area (Å²) in [6.45, 7) is 6.26. The normalized spacial score (nSPS) is 14.9. The van der Waals surface area contributed by atoms with Crippen molar-refractivity contribution < 1.29 is 27.1 Å². The minimum absolute atomic E-state index is 0.149. The number of carbonyl (C=O) groups is 2. The van der Waals surface area contributed by atoms with Gasteiger partial charge in [-0.3, -0.25) is 9.52 Å². The fourth-order valence-corrected chi connectivity index (χ4v) is 4.18. The molecule has 0 aliphatic carbocycles. The van der Waals surface area contributed by atoms with Gasteiger partial charge in [0.2, 0.25) is 15.9 Å². The second-order valence-electron chi connectivity index (χ2n) is 9.02. The second-order valence-corrected chi connectivity index (χ2v) is 10.8. The van der Waals surface area contributed by atoms with Gasteiger partial charge in [-0.15, -0.1) is 0 Å². The lowest BCUT2D eigenvalue weighted by Crippen LogP contribution is -2.50. The van der Waals surface area contributed by atoms with Crippen LogP contribution in [0.3, 0.4) is 0 Å². The maximum atomic E-state index is 14.4. The van der Waals surface area contributed by atoms with Crippen LogP contribution in [0, 0.1) is 5.82 Å². The molecular weight excluding hydrogens is 461 g/mol. The molecule has 3 rings (SSSR count). The molecule has 0 atom stereocenters. The number of urea groups is 1. The fourth-order valence-electron chi connectivity index (χ4n) is 3.62. The van der Waals surface area contributed by atoms with E-state index < -0.39 is 21.9 Å². The summed E-state index contributed by atoms with van der Waals surface area (Å²) in [6.07, 6.45) is 4.47. The van der Waals surface area contributed by atoms with Crippen molar-refractivity contribution in [2.24, 2.45) is 0 Å². The molecular formula is C24H28FN3O5S. The number of sulfonamides is 1. The molecule has 2 N–H and O–H groups in total. The largest absolute Gasteiger partial charge is 0.496 e. The van der Waals surface area contributed by atoms with Crippen LogP contribution in [0.2, 0.25) is 0 Å². The van der Waals surface area contributed by atoms with Crippen molar-refractivity contribution in [3.63, 3.8) is 0 Å². The number of hydrogen-bond acceptors (Lipinski definition) is 5. The van der Waals surface area contributed by atoms with Gasteiger partial charge in [-0.05, 0) is 35.2 Å². The van der Waals surface area contributed by atoms with Crippen molar-refractivity contribution in [2.45, 2.75) is 32.6 Å². The molecule has 0 aromatic heterocycles. The van der Waals surface area contributed by atoms with E-state index in [0.29, 0.717) is 29.1 Å². The zero-order valence-corrected chi connectivity index (χ0v) is 20.5. The van der Waals surface area contributed by atoms with Crippen molar-refractivity contribution in [2.75, 3.05) is 29.5 Å². The average Bonchev–Trinajstić information content (AvgIpc) is 2.72. The molecule has 0 saturated carbocycles. The van der Waals surface area contributed by atoms with E-state index in [1.165, 1.54) is 19.2 Å². The van der Waals surface area contributed by atoms with Gasteiger partial charge in [0.15, 0.2) is 0 Å². The van der Waals surface area contributed by atoms with Gasteiger partial charge in [0.05, 0.1) is 24.7 Å². The molecule has 0 bridgehead atoms. The number of carbonyl (C=O) groups excluding carboxylic acids is 2. The van der Waals surface area contributed by atoms with Crippen LogP contribution in [0.25, 0.3) is 12.2 Å². The van der Waals surface area contributed by atoms with Crippen molar-refractivity contribution in [1.29, 1.82) is 0 Å². The van der Waals surface area contributed by atoms with E-state index in [9.17, 15) is 22.4 Å². The lowest BCUT2D eigenvalue weighted by Gasteiger charge is -2.29. The van der Waals surface area contributed by atoms with Gasteiger partial charge < -0.3 is 10.1 Å². The zero-order chi connectivity index (χ0) is 25.3. The van der Waals surface area contributed by atoms with Crippen molar-refractivity contribution in [1.82, 2.24) is 5.32 Å². The number of benzene rings is 2. The molecule has 3 amide bonds. The molecule has 182 valence electrons. The number of anilines is 2. The van der Waals surface area contributed by atoms with Gasteiger partial charge in [0, 0.05) is 24.1 Å². The predicted molar refractivity (Wildman–Crippen MR) is 131 cm³/mol. The molecule has 2 aromatic rings. The maximum absolute atomic E-state index is 14.4. The van der Waals surface area contributed by atoms with E-state index in [2.05, 4.69) is 10.0 Å². The smallest absolute Gasteiger partial charge is 0.328 e. The topological polar surface area (TPSA) is 105 Å². The lowest BCUT2D eigenvalue weighted by atomic mass is 9.84. The average molecular weight is 490 g/mol. The second kappa shape index (κ2) is 9.46. The molecule has 10 heteroatoms. The number of imide groups is 1. The summed E-state index contributed by atoms with van der Waals surface area (Å²) in [5.74, 6) is -0.466. The molecule has 0 radical (unpaired) electrons. The van der Waals surface area contributed by atoms with Crippen LogP contribution in [0.1, 0.15) is 43.9 Å². The third kappa shape index (κ3) is 5.74. The first-order valence-corrected chi connectivity index (χ1v) is 12.5. The van der Waals surface area contributed by atoms with Crippen LogP contribution in [-0.4, -0.2) is 40.3 Å². The minimum Gasteiger partial charge on any atom is -0.496 e. The highest BCUT2D eigenvalue weighted by molar-refractivity contribution is 7.92. The maximum Gasteiger partial charge on any atom is 0.328 e. The third-order valence-electron chi connectivity index (χ3n) is 5.18. The Morgan fingerprint density at radius 2 is 1.85 bits per heavy atom. The summed E-state index contributed by atoms with van der Waals surface area (Å²) in [4.78, 5) is 26.1. The highest BCUT2D eigenvalue weighted by atomic mass is 32.2. The van der Waals surface area contributed by atoms with Gasteiger partial charge in [-0.1, -0.05) is 39.0 Å². The first-order chi connectivity index (χ1) is 15.8. The third-order valence-corrected chi connectivity index (χ3v) is 5.77. The fraction of sp³-hybridized carbons (Fsp3) is 0.333. The highest BCUT2D eigenvalue weighted by Crippen LogP contribution is 2.39. The van der Waals surface area contributed by atoms with Crippen molar-refractivity contribution in [3.8, 4) is 5.75 Å². The quantitative estimate of drug-likeness (QED) is 0.594. The summed E-state index contributed by atoms with van der Waals surface area (Å²) in [7, 11) is -2.08. The molecule has 34 heavy (non-hydrogen) atoms. The molecule has 0 unspecified atom stereocenters. The monoisotopic (exact) mass is 489 g/mol. The molecule has 1 heterocycles. The SMILES string of the molecule is COc1c(C=Cc2ccc(NS(C)(=O)=O)c(F)c2)cc(N2C(=O)CCNC2=O)cc1C(C)(C)C. The number of methoxy groups -OCH3 is 1. The van der Waals surface area contributed by atoms with Gasteiger partial charge in [0.25, 0.3) is 0 Å². The number of amides is 3. The molecule has 1 fully saturated rings. The van der Waals surface area contributed by atoms with Crippen LogP contribution in [-0.2, 0) is 20.2 Å². The van der Waals surface area contributed by atoms with E-state index in [1.807, 2.05) is 20.8 Å². The first kappa shape index (κ1) is 25.2. The van der Waals surface area contributed by atoms with E-state index in [-0.39, 0.29) is 23.4 Å². The Hall–Kier alpha value is -3.40. The Labute approximate surface area is 198 Å². The van der Waals surface area contributed by atoms with Gasteiger partial charge >= 0.3 is 6.03 Å². The van der Waals surface area contributed by atoms with Crippen LogP contribution in [0.4, 0.5) is 20.6 Å². The lowest BCUT2D eigenvalue weighted by molar-refractivity contribution is -0.118. The molecule has 1 aliphatic rings. The highest BCUT2D eigenvalue weighted by Gasteiger charge is 2.30. The summed E-state index contributed by atoms with van der Waals surface area (Å²) < 4.78 is 44.9. The number of rotatable bonds is 6. The number of hydrogen-bond donors (Lipinski definition) is 2. The summed E-state index contributed by atoms with van der Waals surface area (Å²) in [5.41, 5.74) is 1.75. The Kier molecular flexibility index (Phi) is 7.02. The van der Waals surface area contributed by atoms with Crippen LogP contribution < -0.4 is 19.7 Å². The Morgan fingerprint density at radius 3 is 2.41 bits per heavy atom. The van der Waals surface area contributed by atoms with Gasteiger partial charge in [-0.25, -0.2) is 22.5 Å². The number of halogens is 1. The zero-order valence-electron chi connectivity index (χ0n) is 19.7. The van der Waals surface area contributed by atoms with E-state index in [4.69, 9.17) is 4.74 Å². The molecule has 2 aromatic carbocycles. The minimum atomic E-state index is -3.61. The molecule has 0 spiro atoms. The first-order valence-electron chi connectivity index (χ1n) is 10.6. The van der Waals surface area contributed by atoms with Gasteiger partial charge in [0.1, 0.15) is 11.6 Å². The van der Waals surface area contributed by atoms with Crippen molar-refractivity contribution >= 4 is 45.5 Å². The Morgan fingerprint density at radius 1 is 1.15 bits per heavy atom. The molecule has 1 aliphatic heterocycles. The van der Waals surface area contributed by atoms with Crippen molar-refractivity contribution in [3.05, 3.63) is 52.8 Å². The molecule has 1 saturated heterocycles. The van der Waals surface area contributed by atoms with Crippen LogP contribution >= 0.6 is 0 Å². The van der Waals surface area contributed by atoms with E-state index in [1.54, 1.807) is 30.4 Å². The standard InChI is InChI=1S/C24H28FN3O5S/c1-24(2,3)18-14-17(28-21(29)10-11-26-23(28)30)13-16(22(18)33-4)8-6-15-7-9-20(19(25)12-15)27-34(5,31)32/h6-9,12-14,27H,10-11H2,1-5H3,(H,26,30). The van der Waals surface area contributed by atoms with E-state index in [0.717, 1.165) is 16.7 Å². The summed E-state index contributed by atoms with van der Waals surface area (Å²) in [6, 6.07) is 7.05. The Bertz CT molecular complexity index is 1250. The number of nitrogens with zero attached hydrogens (tertiary/aromatic N) is 1. The summed E-state index contributed by atoms with van der Waals surface area (Å²) in [5, 5.41) is 2.68. The number of nitrogens with one attached hydrogen (secondary N) is 2. The number of ether oxygens (including phenoxy) is 1. The Balaban J connectivity index is 2.08. The van der Waals surface area contributed by atoms with E-state index >= 15 is 0 Å². The predicted octanol–water partition coefficient (Wildman–Crippen LogP) is 4.12. The van der Waals surface area contributed by atoms with Gasteiger partial charge in [-0.2, -0.15) is 0 Å². The molecule has 8 nitrogen and oxygen atoms in total. The van der Waals surface area contributed by atoms with Crippen LogP contribution in [0.5, 0.6) is 5.75 Å². The summed E-state index contributed by atoms with van der Waals surface area (Å²) >= 11 is 0. The van der Waals surface area contributed by atoms with Crippen LogP contribution in [0.15, 0.2) is 30.3 Å².